The number of rotatable bonds is 63. The average Bonchev–Trinajstić information content (AvgIpc) is 3.44. The molecule has 10 heteroatoms. The van der Waals surface area contributed by atoms with E-state index in [1.165, 1.54) is 212 Å². The molecule has 0 spiro atoms. The number of carbonyl (C=O) groups is 2. The van der Waals surface area contributed by atoms with Gasteiger partial charge in [-0.3, -0.25) is 18.6 Å². The van der Waals surface area contributed by atoms with Crippen molar-refractivity contribution in [1.29, 1.82) is 0 Å². The van der Waals surface area contributed by atoms with Gasteiger partial charge in [0.2, 0.25) is 0 Å². The van der Waals surface area contributed by atoms with Crippen LogP contribution in [0.1, 0.15) is 322 Å². The fraction of sp³-hybridized carbons (Fsp3) is 0.797. The Labute approximate surface area is 488 Å². The van der Waals surface area contributed by atoms with E-state index in [0.29, 0.717) is 6.42 Å². The molecule has 0 aliphatic rings. The molecule has 2 atom stereocenters. The van der Waals surface area contributed by atoms with Gasteiger partial charge in [-0.25, -0.2) is 4.57 Å². The summed E-state index contributed by atoms with van der Waals surface area (Å²) in [5, 5.41) is 0. The van der Waals surface area contributed by atoms with Gasteiger partial charge in [0, 0.05) is 19.4 Å². The van der Waals surface area contributed by atoms with Gasteiger partial charge in [0.1, 0.15) is 6.61 Å². The Bertz CT molecular complexity index is 1520. The first kappa shape index (κ1) is 76.5. The summed E-state index contributed by atoms with van der Waals surface area (Å²) in [4.78, 5) is 35.2. The molecular formula is C69H126NO8P. The number of ether oxygens (including phenoxy) is 2. The number of phosphoric acid groups is 1. The first-order valence-electron chi connectivity index (χ1n) is 33.4. The maximum Gasteiger partial charge on any atom is 0.472 e. The van der Waals surface area contributed by atoms with Crippen LogP contribution in [0.4, 0.5) is 0 Å². The molecule has 0 radical (unpaired) electrons. The van der Waals surface area contributed by atoms with Crippen molar-refractivity contribution in [2.75, 3.05) is 26.4 Å². The SMILES string of the molecule is CC/C=C\C/C=C\C/C=C\C/C=C\CCCCCCCCCCCCCCCCCCCCCCCCCCCCCCC(=O)OC(COC(=O)CCCCCCCCC/C=C\C/C=C\CCCCC)COP(=O)(O)OCCN. The maximum absolute atomic E-state index is 12.7. The van der Waals surface area contributed by atoms with Gasteiger partial charge in [0.25, 0.3) is 0 Å². The van der Waals surface area contributed by atoms with E-state index in [9.17, 15) is 19.0 Å². The van der Waals surface area contributed by atoms with Crippen LogP contribution in [-0.4, -0.2) is 49.3 Å². The highest BCUT2D eigenvalue weighted by molar-refractivity contribution is 7.47. The average molecular weight is 1130 g/mol. The quantitative estimate of drug-likeness (QED) is 0.0264. The van der Waals surface area contributed by atoms with Crippen molar-refractivity contribution >= 4 is 19.8 Å². The molecule has 2 unspecified atom stereocenters. The molecule has 0 saturated heterocycles. The lowest BCUT2D eigenvalue weighted by Crippen LogP contribution is -2.29. The first-order chi connectivity index (χ1) is 38.8. The highest BCUT2D eigenvalue weighted by atomic mass is 31.2. The third-order valence-corrected chi connectivity index (χ3v) is 15.6. The van der Waals surface area contributed by atoms with Crippen LogP contribution in [0.2, 0.25) is 0 Å². The molecule has 0 aliphatic heterocycles. The Kier molecular flexibility index (Phi) is 62.5. The molecule has 0 aromatic carbocycles. The summed E-state index contributed by atoms with van der Waals surface area (Å²) in [6.45, 7) is 3.63. The lowest BCUT2D eigenvalue weighted by molar-refractivity contribution is -0.161. The van der Waals surface area contributed by atoms with Gasteiger partial charge in [-0.1, -0.05) is 299 Å². The van der Waals surface area contributed by atoms with Crippen molar-refractivity contribution in [3.63, 3.8) is 0 Å². The van der Waals surface area contributed by atoms with E-state index in [-0.39, 0.29) is 38.6 Å². The molecule has 79 heavy (non-hydrogen) atoms. The van der Waals surface area contributed by atoms with Gasteiger partial charge in [-0.05, 0) is 83.5 Å². The van der Waals surface area contributed by atoms with E-state index >= 15 is 0 Å². The Morgan fingerprint density at radius 1 is 0.392 bits per heavy atom. The van der Waals surface area contributed by atoms with E-state index in [2.05, 4.69) is 86.8 Å². The Morgan fingerprint density at radius 3 is 1.04 bits per heavy atom. The summed E-state index contributed by atoms with van der Waals surface area (Å²) < 4.78 is 33.1. The van der Waals surface area contributed by atoms with E-state index in [1.54, 1.807) is 0 Å². The molecule has 0 saturated carbocycles. The molecule has 9 nitrogen and oxygen atoms in total. The topological polar surface area (TPSA) is 134 Å². The van der Waals surface area contributed by atoms with Crippen molar-refractivity contribution < 1.29 is 37.6 Å². The molecule has 3 N–H and O–H groups in total. The minimum absolute atomic E-state index is 0.0525. The predicted octanol–water partition coefficient (Wildman–Crippen LogP) is 21.6. The summed E-state index contributed by atoms with van der Waals surface area (Å²) in [5.74, 6) is -0.824. The zero-order valence-electron chi connectivity index (χ0n) is 51.6. The number of hydrogen-bond donors (Lipinski definition) is 2. The van der Waals surface area contributed by atoms with Crippen LogP contribution < -0.4 is 5.73 Å². The number of nitrogens with two attached hydrogens (primary N) is 1. The zero-order chi connectivity index (χ0) is 57.3. The standard InChI is InChI=1S/C69H126NO8P/c1-3-5-7-9-11-13-15-17-19-21-22-23-24-25-26-27-28-29-30-31-32-33-34-35-36-37-38-39-40-41-42-43-44-46-48-50-52-54-56-58-60-62-69(72)78-67(66-77-79(73,74)76-64-63-70)65-75-68(71)61-59-57-55-53-51-49-47-45-20-18-16-14-12-10-8-6-4-2/h5,7,11-14,17-20,22-23,67H,3-4,6,8-10,15-16,21,24-66,70H2,1-2H3,(H,73,74)/b7-5-,13-11-,14-12-,19-17-,20-18-,23-22-. The molecule has 0 rings (SSSR count). The summed E-state index contributed by atoms with van der Waals surface area (Å²) in [7, 11) is -4.39. The Balaban J connectivity index is 3.75. The highest BCUT2D eigenvalue weighted by Gasteiger charge is 2.26. The molecule has 0 bridgehead atoms. The highest BCUT2D eigenvalue weighted by Crippen LogP contribution is 2.43. The van der Waals surface area contributed by atoms with Crippen molar-refractivity contribution in [1.82, 2.24) is 0 Å². The summed E-state index contributed by atoms with van der Waals surface area (Å²) in [6.07, 6.45) is 84.4. The Hall–Kier alpha value is -2.55. The normalized spacial score (nSPS) is 13.4. The van der Waals surface area contributed by atoms with Crippen LogP contribution in [-0.2, 0) is 32.7 Å². The number of esters is 2. The van der Waals surface area contributed by atoms with Crippen LogP contribution in [0.3, 0.4) is 0 Å². The molecule has 0 amide bonds. The summed E-state index contributed by atoms with van der Waals surface area (Å²) >= 11 is 0. The molecule has 0 fully saturated rings. The molecule has 460 valence electrons. The third kappa shape index (κ3) is 64.5. The zero-order valence-corrected chi connectivity index (χ0v) is 52.5. The van der Waals surface area contributed by atoms with Crippen molar-refractivity contribution in [3.05, 3.63) is 72.9 Å². The van der Waals surface area contributed by atoms with E-state index in [0.717, 1.165) is 77.0 Å². The van der Waals surface area contributed by atoms with Gasteiger partial charge in [0.15, 0.2) is 6.10 Å². The number of allylic oxidation sites excluding steroid dienone is 12. The second-order valence-electron chi connectivity index (χ2n) is 22.3. The van der Waals surface area contributed by atoms with Crippen LogP contribution in [0.15, 0.2) is 72.9 Å². The van der Waals surface area contributed by atoms with Crippen molar-refractivity contribution in [2.24, 2.45) is 5.73 Å². The van der Waals surface area contributed by atoms with Crippen molar-refractivity contribution in [3.8, 4) is 0 Å². The lowest BCUT2D eigenvalue weighted by atomic mass is 10.0. The van der Waals surface area contributed by atoms with E-state index in [4.69, 9.17) is 24.3 Å². The minimum atomic E-state index is -4.39. The van der Waals surface area contributed by atoms with Crippen LogP contribution in [0.25, 0.3) is 0 Å². The first-order valence-corrected chi connectivity index (χ1v) is 34.9. The van der Waals surface area contributed by atoms with Gasteiger partial charge in [0.05, 0.1) is 13.2 Å². The number of carbonyl (C=O) groups excluding carboxylic acids is 2. The maximum atomic E-state index is 12.7. The summed E-state index contributed by atoms with van der Waals surface area (Å²) in [6, 6.07) is 0. The van der Waals surface area contributed by atoms with Gasteiger partial charge < -0.3 is 20.1 Å². The third-order valence-electron chi connectivity index (χ3n) is 14.6. The second-order valence-corrected chi connectivity index (χ2v) is 23.8. The van der Waals surface area contributed by atoms with Crippen molar-refractivity contribution in [2.45, 2.75) is 328 Å². The minimum Gasteiger partial charge on any atom is -0.462 e. The molecule has 0 heterocycles. The van der Waals surface area contributed by atoms with Gasteiger partial charge in [-0.15, -0.1) is 0 Å². The fourth-order valence-corrected chi connectivity index (χ4v) is 10.4. The largest absolute Gasteiger partial charge is 0.472 e. The molecule has 0 aromatic heterocycles. The van der Waals surface area contributed by atoms with Crippen LogP contribution in [0.5, 0.6) is 0 Å². The smallest absolute Gasteiger partial charge is 0.462 e. The number of phosphoric ester groups is 1. The van der Waals surface area contributed by atoms with Gasteiger partial charge in [-0.2, -0.15) is 0 Å². The number of unbranched alkanes of at least 4 members (excludes halogenated alkanes) is 38. The van der Waals surface area contributed by atoms with Crippen LogP contribution >= 0.6 is 7.82 Å². The summed E-state index contributed by atoms with van der Waals surface area (Å²) in [5.41, 5.74) is 5.39. The lowest BCUT2D eigenvalue weighted by Gasteiger charge is -2.19. The van der Waals surface area contributed by atoms with E-state index < -0.39 is 26.5 Å². The van der Waals surface area contributed by atoms with Gasteiger partial charge >= 0.3 is 19.8 Å². The second kappa shape index (κ2) is 64.6. The fourth-order valence-electron chi connectivity index (χ4n) is 9.66. The van der Waals surface area contributed by atoms with Crippen LogP contribution in [0, 0.1) is 0 Å². The van der Waals surface area contributed by atoms with E-state index in [1.807, 2.05) is 0 Å². The Morgan fingerprint density at radius 2 is 0.696 bits per heavy atom. The predicted molar refractivity (Wildman–Crippen MR) is 339 cm³/mol. The molecule has 0 aliphatic carbocycles. The monoisotopic (exact) mass is 1130 g/mol. The number of hydrogen-bond acceptors (Lipinski definition) is 8. The molecule has 0 aromatic rings. The molecular weight excluding hydrogens is 1000 g/mol.